The first-order valence-corrected chi connectivity index (χ1v) is 6.34. The van der Waals surface area contributed by atoms with Crippen LogP contribution >= 0.6 is 0 Å². The largest absolute Gasteiger partial charge is 1.00 e. The first-order valence-electron chi connectivity index (χ1n) is 6.34. The molecule has 0 unspecified atom stereocenters. The van der Waals surface area contributed by atoms with Gasteiger partial charge in [0.2, 0.25) is 0 Å². The van der Waals surface area contributed by atoms with Gasteiger partial charge in [-0.25, -0.2) is 4.57 Å². The molecule has 0 spiro atoms. The number of aromatic nitrogens is 1. The van der Waals surface area contributed by atoms with Gasteiger partial charge in [-0.05, 0) is 18.9 Å². The van der Waals surface area contributed by atoms with Crippen LogP contribution in [0.1, 0.15) is 51.5 Å². The van der Waals surface area contributed by atoms with Crippen LogP contribution in [0.25, 0.3) is 0 Å². The number of pyridine rings is 1. The van der Waals surface area contributed by atoms with Crippen molar-refractivity contribution in [1.82, 2.24) is 0 Å². The smallest absolute Gasteiger partial charge is 0.171 e. The number of nitrogens with zero attached hydrogens (tertiary/aromatic N) is 1. The first kappa shape index (κ1) is 15.4. The Balaban J connectivity index is 0.00000225. The Morgan fingerprint density at radius 2 is 1.81 bits per heavy atom. The van der Waals surface area contributed by atoms with Crippen LogP contribution < -0.4 is 17.0 Å². The molecule has 1 aromatic heterocycles. The summed E-state index contributed by atoms with van der Waals surface area (Å²) in [6, 6.07) is 4.36. The fraction of sp³-hybridized carbons (Fsp3) is 0.643. The van der Waals surface area contributed by atoms with E-state index in [0.717, 1.165) is 6.42 Å². The quantitative estimate of drug-likeness (QED) is 0.484. The lowest BCUT2D eigenvalue weighted by Gasteiger charge is -1.99. The molecular formula is C14H24ClN. The van der Waals surface area contributed by atoms with Crippen LogP contribution in [0.5, 0.6) is 0 Å². The highest BCUT2D eigenvalue weighted by atomic mass is 35.5. The predicted octanol–water partition coefficient (Wildman–Crippen LogP) is 0.511. The molecule has 0 atom stereocenters. The van der Waals surface area contributed by atoms with Crippen molar-refractivity contribution in [3.05, 3.63) is 30.1 Å². The Hall–Kier alpha value is -0.560. The number of hydrogen-bond donors (Lipinski definition) is 0. The molecule has 0 N–H and O–H groups in total. The summed E-state index contributed by atoms with van der Waals surface area (Å²) in [5.74, 6) is 0. The van der Waals surface area contributed by atoms with Gasteiger partial charge in [0.05, 0.1) is 0 Å². The Morgan fingerprint density at radius 1 is 1.06 bits per heavy atom. The van der Waals surface area contributed by atoms with Crippen LogP contribution in [0.15, 0.2) is 24.5 Å². The molecule has 1 nitrogen and oxygen atoms in total. The average molecular weight is 242 g/mol. The Kier molecular flexibility index (Phi) is 9.31. The molecule has 0 aromatic carbocycles. The van der Waals surface area contributed by atoms with Crippen molar-refractivity contribution in [3.63, 3.8) is 0 Å². The standard InChI is InChI=1S/C14H24N.ClH/c1-3-5-6-7-8-11-15-12-9-10-14(4-2)13-15;/h9-10,12-13H,3-8,11H2,1-2H3;1H/q+1;/p-1. The minimum absolute atomic E-state index is 0. The van der Waals surface area contributed by atoms with E-state index in [1.165, 1.54) is 44.2 Å². The molecule has 0 aliphatic carbocycles. The molecule has 0 aliphatic heterocycles. The average Bonchev–Trinajstić information content (AvgIpc) is 2.29. The van der Waals surface area contributed by atoms with Gasteiger partial charge in [0.15, 0.2) is 12.4 Å². The van der Waals surface area contributed by atoms with E-state index in [1.807, 2.05) is 0 Å². The van der Waals surface area contributed by atoms with Crippen LogP contribution in [-0.2, 0) is 13.0 Å². The number of aryl methyl sites for hydroxylation is 2. The summed E-state index contributed by atoms with van der Waals surface area (Å²) in [7, 11) is 0. The van der Waals surface area contributed by atoms with Crippen LogP contribution in [0.3, 0.4) is 0 Å². The number of rotatable bonds is 7. The van der Waals surface area contributed by atoms with Gasteiger partial charge in [-0.15, -0.1) is 0 Å². The molecule has 92 valence electrons. The second-order valence-electron chi connectivity index (χ2n) is 4.22. The van der Waals surface area contributed by atoms with Crippen LogP contribution in [0.2, 0.25) is 0 Å². The lowest BCUT2D eigenvalue weighted by molar-refractivity contribution is -0.697. The highest BCUT2D eigenvalue weighted by molar-refractivity contribution is 5.04. The van der Waals surface area contributed by atoms with Gasteiger partial charge in [0.1, 0.15) is 6.54 Å². The van der Waals surface area contributed by atoms with E-state index in [9.17, 15) is 0 Å². The normalized spacial score (nSPS) is 9.88. The van der Waals surface area contributed by atoms with E-state index >= 15 is 0 Å². The number of unbranched alkanes of at least 4 members (excludes halogenated alkanes) is 4. The lowest BCUT2D eigenvalue weighted by atomic mass is 10.1. The number of hydrogen-bond acceptors (Lipinski definition) is 0. The Labute approximate surface area is 106 Å². The van der Waals surface area contributed by atoms with Crippen molar-refractivity contribution in [1.29, 1.82) is 0 Å². The van der Waals surface area contributed by atoms with Crippen molar-refractivity contribution >= 4 is 0 Å². The van der Waals surface area contributed by atoms with Crippen molar-refractivity contribution < 1.29 is 17.0 Å². The van der Waals surface area contributed by atoms with E-state index in [4.69, 9.17) is 0 Å². The maximum atomic E-state index is 2.32. The molecule has 0 saturated carbocycles. The highest BCUT2D eigenvalue weighted by Gasteiger charge is 2.00. The maximum absolute atomic E-state index is 2.32. The fourth-order valence-corrected chi connectivity index (χ4v) is 1.82. The topological polar surface area (TPSA) is 3.88 Å². The van der Waals surface area contributed by atoms with Gasteiger partial charge in [-0.2, -0.15) is 0 Å². The second-order valence-corrected chi connectivity index (χ2v) is 4.22. The molecule has 16 heavy (non-hydrogen) atoms. The van der Waals surface area contributed by atoms with Gasteiger partial charge in [0, 0.05) is 18.1 Å². The minimum atomic E-state index is 0. The third-order valence-corrected chi connectivity index (χ3v) is 2.85. The molecule has 2 heteroatoms. The Morgan fingerprint density at radius 3 is 2.50 bits per heavy atom. The zero-order valence-corrected chi connectivity index (χ0v) is 11.3. The van der Waals surface area contributed by atoms with Crippen LogP contribution in [0, 0.1) is 0 Å². The molecular weight excluding hydrogens is 218 g/mol. The summed E-state index contributed by atoms with van der Waals surface area (Å²) < 4.78 is 2.32. The summed E-state index contributed by atoms with van der Waals surface area (Å²) in [6.07, 6.45) is 12.4. The van der Waals surface area contributed by atoms with E-state index < -0.39 is 0 Å². The molecule has 0 aliphatic rings. The third kappa shape index (κ3) is 6.12. The monoisotopic (exact) mass is 241 g/mol. The molecule has 0 fully saturated rings. The minimum Gasteiger partial charge on any atom is -1.00 e. The molecule has 0 amide bonds. The highest BCUT2D eigenvalue weighted by Crippen LogP contribution is 2.02. The number of halogens is 1. The third-order valence-electron chi connectivity index (χ3n) is 2.85. The van der Waals surface area contributed by atoms with Gasteiger partial charge < -0.3 is 12.4 Å². The summed E-state index contributed by atoms with van der Waals surface area (Å²) in [5, 5.41) is 0. The molecule has 1 heterocycles. The lowest BCUT2D eigenvalue weighted by Crippen LogP contribution is -3.00. The Bertz CT molecular complexity index is 273. The van der Waals surface area contributed by atoms with E-state index in [1.54, 1.807) is 0 Å². The summed E-state index contributed by atoms with van der Waals surface area (Å²) in [6.45, 7) is 5.65. The van der Waals surface area contributed by atoms with E-state index in [-0.39, 0.29) is 12.4 Å². The SMILES string of the molecule is CCCCCCC[n+]1cccc(CC)c1.[Cl-]. The molecule has 0 saturated heterocycles. The molecule has 0 bridgehead atoms. The van der Waals surface area contributed by atoms with Crippen LogP contribution in [0.4, 0.5) is 0 Å². The zero-order chi connectivity index (χ0) is 10.9. The summed E-state index contributed by atoms with van der Waals surface area (Å²) >= 11 is 0. The summed E-state index contributed by atoms with van der Waals surface area (Å²) in [4.78, 5) is 0. The molecule has 1 aromatic rings. The van der Waals surface area contributed by atoms with Gasteiger partial charge in [0.25, 0.3) is 0 Å². The van der Waals surface area contributed by atoms with Crippen LogP contribution in [-0.4, -0.2) is 0 Å². The molecule has 1 rings (SSSR count). The van der Waals surface area contributed by atoms with Gasteiger partial charge in [-0.1, -0.05) is 33.1 Å². The predicted molar refractivity (Wildman–Crippen MR) is 64.8 cm³/mol. The van der Waals surface area contributed by atoms with Crippen molar-refractivity contribution in [2.45, 2.75) is 58.9 Å². The molecule has 0 radical (unpaired) electrons. The fourth-order valence-electron chi connectivity index (χ4n) is 1.82. The van der Waals surface area contributed by atoms with Gasteiger partial charge in [-0.3, -0.25) is 0 Å². The van der Waals surface area contributed by atoms with Crippen molar-refractivity contribution in [3.8, 4) is 0 Å². The maximum Gasteiger partial charge on any atom is 0.171 e. The van der Waals surface area contributed by atoms with Crippen molar-refractivity contribution in [2.75, 3.05) is 0 Å². The summed E-state index contributed by atoms with van der Waals surface area (Å²) in [5.41, 5.74) is 1.44. The van der Waals surface area contributed by atoms with Gasteiger partial charge >= 0.3 is 0 Å². The second kappa shape index (κ2) is 9.65. The van der Waals surface area contributed by atoms with Crippen molar-refractivity contribution in [2.24, 2.45) is 0 Å². The van der Waals surface area contributed by atoms with E-state index in [0.29, 0.717) is 0 Å². The van der Waals surface area contributed by atoms with E-state index in [2.05, 4.69) is 42.9 Å². The zero-order valence-electron chi connectivity index (χ0n) is 10.6. The first-order chi connectivity index (χ1) is 7.36.